The Morgan fingerprint density at radius 2 is 2.28 bits per heavy atom. The van der Waals surface area contributed by atoms with E-state index in [0.717, 1.165) is 36.0 Å². The predicted molar refractivity (Wildman–Crippen MR) is 101 cm³/mol. The summed E-state index contributed by atoms with van der Waals surface area (Å²) in [4.78, 5) is 28.0. The van der Waals surface area contributed by atoms with E-state index >= 15 is 0 Å². The van der Waals surface area contributed by atoms with Gasteiger partial charge < -0.3 is 15.5 Å². The van der Waals surface area contributed by atoms with E-state index in [4.69, 9.17) is 0 Å². The van der Waals surface area contributed by atoms with E-state index in [0.29, 0.717) is 11.4 Å². The fourth-order valence-corrected chi connectivity index (χ4v) is 4.20. The summed E-state index contributed by atoms with van der Waals surface area (Å²) in [6.07, 6.45) is 4.93. The molecular formula is C19H25N3O2S. The monoisotopic (exact) mass is 359 g/mol. The summed E-state index contributed by atoms with van der Waals surface area (Å²) in [5.74, 6) is 0.350. The van der Waals surface area contributed by atoms with Gasteiger partial charge in [-0.1, -0.05) is 30.8 Å². The number of likely N-dealkylation sites (tertiary alicyclic amines) is 1. The van der Waals surface area contributed by atoms with Crippen LogP contribution in [0, 0.1) is 5.92 Å². The molecule has 1 atom stereocenters. The normalized spacial score (nSPS) is 22.4. The molecule has 1 fully saturated rings. The average molecular weight is 359 g/mol. The third-order valence-corrected chi connectivity index (χ3v) is 5.63. The number of nitrogens with one attached hydrogen (secondary N) is 2. The van der Waals surface area contributed by atoms with Gasteiger partial charge in [-0.05, 0) is 50.4 Å². The van der Waals surface area contributed by atoms with Crippen molar-refractivity contribution in [3.05, 3.63) is 35.2 Å². The van der Waals surface area contributed by atoms with Crippen molar-refractivity contribution in [2.24, 2.45) is 5.92 Å². The van der Waals surface area contributed by atoms with Crippen molar-refractivity contribution < 1.29 is 9.59 Å². The maximum Gasteiger partial charge on any atom is 0.262 e. The molecule has 0 aliphatic carbocycles. The Morgan fingerprint density at radius 1 is 1.44 bits per heavy atom. The minimum Gasteiger partial charge on any atom is -0.352 e. The van der Waals surface area contributed by atoms with E-state index in [1.807, 2.05) is 24.3 Å². The zero-order chi connectivity index (χ0) is 17.6. The Labute approximate surface area is 153 Å². The molecule has 25 heavy (non-hydrogen) atoms. The van der Waals surface area contributed by atoms with Crippen molar-refractivity contribution in [1.82, 2.24) is 10.2 Å². The number of carbonyl (C=O) groups is 2. The molecule has 6 heteroatoms. The summed E-state index contributed by atoms with van der Waals surface area (Å²) >= 11 is 1.34. The molecule has 0 aromatic heterocycles. The van der Waals surface area contributed by atoms with Gasteiger partial charge in [0.05, 0.1) is 10.6 Å². The van der Waals surface area contributed by atoms with Gasteiger partial charge in [0.2, 0.25) is 5.91 Å². The van der Waals surface area contributed by atoms with E-state index in [1.165, 1.54) is 37.2 Å². The van der Waals surface area contributed by atoms with Crippen molar-refractivity contribution in [3.8, 4) is 0 Å². The lowest BCUT2D eigenvalue weighted by Crippen LogP contribution is -2.36. The molecule has 0 unspecified atom stereocenters. The first-order valence-corrected chi connectivity index (χ1v) is 9.73. The first-order chi connectivity index (χ1) is 12.1. The molecule has 2 aliphatic heterocycles. The molecule has 1 aromatic rings. The summed E-state index contributed by atoms with van der Waals surface area (Å²) < 4.78 is 0. The summed E-state index contributed by atoms with van der Waals surface area (Å²) in [5, 5.41) is 5.70. The molecule has 3 rings (SSSR count). The SMILES string of the molecule is C[C@@H]1CCCN(CCCNC(=O)/C=C2\Sc3ccccc3NC2=O)C1. The van der Waals surface area contributed by atoms with Crippen LogP contribution in [0.4, 0.5) is 5.69 Å². The average Bonchev–Trinajstić information content (AvgIpc) is 2.59. The molecule has 0 bridgehead atoms. The van der Waals surface area contributed by atoms with E-state index in [1.54, 1.807) is 0 Å². The van der Waals surface area contributed by atoms with Crippen LogP contribution < -0.4 is 10.6 Å². The standard InChI is InChI=1S/C19H25N3O2S/c1-14-6-4-10-22(13-14)11-5-9-20-18(23)12-17-19(24)21-15-7-2-3-8-16(15)25-17/h2-3,7-8,12,14H,4-6,9-11,13H2,1H3,(H,20,23)(H,21,24)/b17-12-/t14-/m1/s1. The van der Waals surface area contributed by atoms with Gasteiger partial charge in [0, 0.05) is 24.1 Å². The Balaban J connectivity index is 1.44. The quantitative estimate of drug-likeness (QED) is 0.627. The molecule has 0 radical (unpaired) electrons. The van der Waals surface area contributed by atoms with Crippen molar-refractivity contribution >= 4 is 29.3 Å². The summed E-state index contributed by atoms with van der Waals surface area (Å²) in [6, 6.07) is 7.59. The number of anilines is 1. The largest absolute Gasteiger partial charge is 0.352 e. The number of nitrogens with zero attached hydrogens (tertiary/aromatic N) is 1. The summed E-state index contributed by atoms with van der Waals surface area (Å²) in [5.41, 5.74) is 0.797. The minimum absolute atomic E-state index is 0.205. The van der Waals surface area contributed by atoms with E-state index in [-0.39, 0.29) is 11.8 Å². The number of piperidine rings is 1. The fourth-order valence-electron chi connectivity index (χ4n) is 3.28. The molecule has 0 spiro atoms. The molecule has 134 valence electrons. The smallest absolute Gasteiger partial charge is 0.262 e. The van der Waals surface area contributed by atoms with Crippen LogP contribution in [0.15, 0.2) is 40.1 Å². The number of para-hydroxylation sites is 1. The lowest BCUT2D eigenvalue weighted by atomic mass is 10.0. The minimum atomic E-state index is -0.221. The van der Waals surface area contributed by atoms with Crippen LogP contribution in [0.1, 0.15) is 26.2 Å². The molecule has 0 saturated carbocycles. The molecule has 1 saturated heterocycles. The first kappa shape index (κ1) is 18.0. The number of benzene rings is 1. The maximum atomic E-state index is 12.1. The van der Waals surface area contributed by atoms with Gasteiger partial charge in [-0.25, -0.2) is 0 Å². The highest BCUT2D eigenvalue weighted by Gasteiger charge is 2.21. The second kappa shape index (κ2) is 8.54. The van der Waals surface area contributed by atoms with Gasteiger partial charge in [-0.2, -0.15) is 0 Å². The van der Waals surface area contributed by atoms with Crippen LogP contribution >= 0.6 is 11.8 Å². The highest BCUT2D eigenvalue weighted by atomic mass is 32.2. The lowest BCUT2D eigenvalue weighted by Gasteiger charge is -2.30. The number of carbonyl (C=O) groups excluding carboxylic acids is 2. The van der Waals surface area contributed by atoms with Gasteiger partial charge >= 0.3 is 0 Å². The number of rotatable bonds is 5. The van der Waals surface area contributed by atoms with Crippen LogP contribution in [0.3, 0.4) is 0 Å². The molecule has 1 aromatic carbocycles. The van der Waals surface area contributed by atoms with E-state index < -0.39 is 0 Å². The van der Waals surface area contributed by atoms with Crippen molar-refractivity contribution in [2.45, 2.75) is 31.1 Å². The zero-order valence-corrected chi connectivity index (χ0v) is 15.4. The molecule has 2 amide bonds. The maximum absolute atomic E-state index is 12.1. The molecule has 5 nitrogen and oxygen atoms in total. The van der Waals surface area contributed by atoms with Crippen LogP contribution in [-0.2, 0) is 9.59 Å². The molecule has 2 aliphatic rings. The van der Waals surface area contributed by atoms with Gasteiger partial charge in [-0.3, -0.25) is 9.59 Å². The van der Waals surface area contributed by atoms with Gasteiger partial charge in [0.25, 0.3) is 5.91 Å². The predicted octanol–water partition coefficient (Wildman–Crippen LogP) is 2.85. The zero-order valence-electron chi connectivity index (χ0n) is 14.6. The summed E-state index contributed by atoms with van der Waals surface area (Å²) in [7, 11) is 0. The molecule has 2 heterocycles. The topological polar surface area (TPSA) is 61.4 Å². The van der Waals surface area contributed by atoms with Gasteiger partial charge in [-0.15, -0.1) is 0 Å². The fraction of sp³-hybridized carbons (Fsp3) is 0.474. The van der Waals surface area contributed by atoms with Crippen LogP contribution in [-0.4, -0.2) is 42.9 Å². The van der Waals surface area contributed by atoms with Gasteiger partial charge in [0.15, 0.2) is 0 Å². The van der Waals surface area contributed by atoms with Crippen molar-refractivity contribution in [1.29, 1.82) is 0 Å². The van der Waals surface area contributed by atoms with Crippen molar-refractivity contribution in [3.63, 3.8) is 0 Å². The first-order valence-electron chi connectivity index (χ1n) is 8.92. The second-order valence-electron chi connectivity index (χ2n) is 6.75. The van der Waals surface area contributed by atoms with Gasteiger partial charge in [0.1, 0.15) is 0 Å². The van der Waals surface area contributed by atoms with Crippen LogP contribution in [0.5, 0.6) is 0 Å². The Morgan fingerprint density at radius 3 is 3.12 bits per heavy atom. The molecular weight excluding hydrogens is 334 g/mol. The number of amides is 2. The van der Waals surface area contributed by atoms with E-state index in [9.17, 15) is 9.59 Å². The van der Waals surface area contributed by atoms with Crippen LogP contribution in [0.25, 0.3) is 0 Å². The number of hydrogen-bond acceptors (Lipinski definition) is 4. The second-order valence-corrected chi connectivity index (χ2v) is 7.84. The third-order valence-electron chi connectivity index (χ3n) is 4.53. The Kier molecular flexibility index (Phi) is 6.15. The number of thioether (sulfide) groups is 1. The molecule has 2 N–H and O–H groups in total. The Bertz CT molecular complexity index is 674. The highest BCUT2D eigenvalue weighted by Crippen LogP contribution is 2.37. The van der Waals surface area contributed by atoms with Crippen molar-refractivity contribution in [2.75, 3.05) is 31.5 Å². The summed E-state index contributed by atoms with van der Waals surface area (Å²) in [6.45, 7) is 6.28. The third kappa shape index (κ3) is 5.09. The number of fused-ring (bicyclic) bond motifs is 1. The number of hydrogen-bond donors (Lipinski definition) is 2. The lowest BCUT2D eigenvalue weighted by molar-refractivity contribution is -0.117. The highest BCUT2D eigenvalue weighted by molar-refractivity contribution is 8.04. The van der Waals surface area contributed by atoms with Crippen LogP contribution in [0.2, 0.25) is 0 Å². The Hall–Kier alpha value is -1.79. The van der Waals surface area contributed by atoms with E-state index in [2.05, 4.69) is 22.5 Å².